The van der Waals surface area contributed by atoms with E-state index in [1.165, 1.54) is 0 Å². The first-order chi connectivity index (χ1) is 3.27. The van der Waals surface area contributed by atoms with Crippen molar-refractivity contribution in [1.82, 2.24) is 4.90 Å². The highest BCUT2D eigenvalue weighted by Crippen LogP contribution is 1.82. The summed E-state index contributed by atoms with van der Waals surface area (Å²) < 4.78 is 0. The fraction of sp³-hybridized carbons (Fsp3) is 0.600. The maximum atomic E-state index is 3.17. The van der Waals surface area contributed by atoms with Crippen molar-refractivity contribution in [2.75, 3.05) is 20.6 Å². The summed E-state index contributed by atoms with van der Waals surface area (Å²) in [6.07, 6.45) is 2.04. The van der Waals surface area contributed by atoms with Crippen molar-refractivity contribution in [3.63, 3.8) is 0 Å². The zero-order valence-corrected chi connectivity index (χ0v) is 6.27. The fourth-order valence-corrected chi connectivity index (χ4v) is 0.418. The summed E-state index contributed by atoms with van der Waals surface area (Å²) in [6, 6.07) is 0. The average Bonchev–Trinajstić information content (AvgIpc) is 1.61. The van der Waals surface area contributed by atoms with Gasteiger partial charge in [0.15, 0.2) is 0 Å². The van der Waals surface area contributed by atoms with Gasteiger partial charge < -0.3 is 4.90 Å². The van der Waals surface area contributed by atoms with E-state index in [0.29, 0.717) is 0 Å². The lowest BCUT2D eigenvalue weighted by Gasteiger charge is -2.01. The Morgan fingerprint density at radius 3 is 2.29 bits per heavy atom. The molecule has 0 unspecified atom stereocenters. The van der Waals surface area contributed by atoms with Gasteiger partial charge in [0, 0.05) is 6.54 Å². The molecule has 0 aliphatic rings. The minimum absolute atomic E-state index is 1.01. The molecular formula is C5H10BrN. The lowest BCUT2D eigenvalue weighted by atomic mass is 10.6. The smallest absolute Gasteiger partial charge is 0.0165 e. The predicted octanol–water partition coefficient (Wildman–Crippen LogP) is 1.46. The first kappa shape index (κ1) is 7.18. The van der Waals surface area contributed by atoms with Gasteiger partial charge in [-0.05, 0) is 19.1 Å². The van der Waals surface area contributed by atoms with Gasteiger partial charge in [0.2, 0.25) is 0 Å². The molecular weight excluding hydrogens is 154 g/mol. The van der Waals surface area contributed by atoms with Crippen LogP contribution < -0.4 is 0 Å². The third kappa shape index (κ3) is 6.18. The van der Waals surface area contributed by atoms with E-state index in [1.807, 2.05) is 25.2 Å². The maximum Gasteiger partial charge on any atom is 0.0165 e. The van der Waals surface area contributed by atoms with Crippen LogP contribution in [0.2, 0.25) is 0 Å². The van der Waals surface area contributed by atoms with Crippen LogP contribution in [0.25, 0.3) is 0 Å². The average molecular weight is 164 g/mol. The largest absolute Gasteiger partial charge is 0.306 e. The summed E-state index contributed by atoms with van der Waals surface area (Å²) in [5, 5.41) is 0. The van der Waals surface area contributed by atoms with Crippen molar-refractivity contribution in [3.8, 4) is 0 Å². The second-order valence-electron chi connectivity index (χ2n) is 1.62. The molecule has 0 aromatic rings. The monoisotopic (exact) mass is 163 g/mol. The Hall–Kier alpha value is 0.180. The van der Waals surface area contributed by atoms with Gasteiger partial charge >= 0.3 is 0 Å². The number of halogens is 1. The Balaban J connectivity index is 2.97. The molecule has 7 heavy (non-hydrogen) atoms. The molecule has 42 valence electrons. The predicted molar refractivity (Wildman–Crippen MR) is 36.6 cm³/mol. The summed E-state index contributed by atoms with van der Waals surface area (Å²) in [6.45, 7) is 1.01. The van der Waals surface area contributed by atoms with Gasteiger partial charge in [-0.3, -0.25) is 0 Å². The van der Waals surface area contributed by atoms with E-state index in [2.05, 4.69) is 20.8 Å². The van der Waals surface area contributed by atoms with Crippen LogP contribution in [-0.2, 0) is 0 Å². The molecule has 0 aromatic carbocycles. The summed E-state index contributed by atoms with van der Waals surface area (Å²) in [5.41, 5.74) is 0. The number of nitrogens with zero attached hydrogens (tertiary/aromatic N) is 1. The molecule has 0 spiro atoms. The number of rotatable bonds is 2. The van der Waals surface area contributed by atoms with E-state index in [-0.39, 0.29) is 0 Å². The minimum atomic E-state index is 1.01. The zero-order chi connectivity index (χ0) is 5.70. The van der Waals surface area contributed by atoms with E-state index >= 15 is 0 Å². The van der Waals surface area contributed by atoms with E-state index in [0.717, 1.165) is 6.54 Å². The molecule has 0 fully saturated rings. The quantitative estimate of drug-likeness (QED) is 0.597. The molecule has 0 saturated heterocycles. The second-order valence-corrected chi connectivity index (χ2v) is 2.15. The highest BCUT2D eigenvalue weighted by Gasteiger charge is 1.77. The van der Waals surface area contributed by atoms with Crippen molar-refractivity contribution < 1.29 is 0 Å². The van der Waals surface area contributed by atoms with Crippen molar-refractivity contribution in [2.45, 2.75) is 0 Å². The van der Waals surface area contributed by atoms with E-state index in [4.69, 9.17) is 0 Å². The summed E-state index contributed by atoms with van der Waals surface area (Å²) in [7, 11) is 4.07. The van der Waals surface area contributed by atoms with Crippen molar-refractivity contribution in [1.29, 1.82) is 0 Å². The SMILES string of the molecule is CN(C)C/C=C\Br. The van der Waals surface area contributed by atoms with Crippen LogP contribution in [0.1, 0.15) is 0 Å². The molecule has 0 rings (SSSR count). The summed E-state index contributed by atoms with van der Waals surface area (Å²) in [4.78, 5) is 3.96. The Morgan fingerprint density at radius 1 is 1.57 bits per heavy atom. The van der Waals surface area contributed by atoms with Crippen molar-refractivity contribution in [3.05, 3.63) is 11.1 Å². The molecule has 0 atom stereocenters. The fourth-order valence-electron chi connectivity index (χ4n) is 0.251. The van der Waals surface area contributed by atoms with Crippen LogP contribution >= 0.6 is 15.9 Å². The maximum absolute atomic E-state index is 3.17. The van der Waals surface area contributed by atoms with Crippen LogP contribution in [0, 0.1) is 0 Å². The standard InChI is InChI=1S/C5H10BrN/c1-7(2)5-3-4-6/h3-4H,5H2,1-2H3/b4-3-. The number of hydrogen-bond acceptors (Lipinski definition) is 1. The normalized spacial score (nSPS) is 11.4. The van der Waals surface area contributed by atoms with Crippen molar-refractivity contribution in [2.24, 2.45) is 0 Å². The third-order valence-corrected chi connectivity index (χ3v) is 0.933. The molecule has 0 radical (unpaired) electrons. The van der Waals surface area contributed by atoms with Gasteiger partial charge in [0.1, 0.15) is 0 Å². The van der Waals surface area contributed by atoms with Crippen LogP contribution in [0.3, 0.4) is 0 Å². The lowest BCUT2D eigenvalue weighted by Crippen LogP contribution is -2.09. The lowest BCUT2D eigenvalue weighted by molar-refractivity contribution is 0.457. The van der Waals surface area contributed by atoms with Gasteiger partial charge in [-0.25, -0.2) is 0 Å². The molecule has 1 nitrogen and oxygen atoms in total. The molecule has 0 aromatic heterocycles. The molecule has 0 amide bonds. The van der Waals surface area contributed by atoms with Gasteiger partial charge in [-0.2, -0.15) is 0 Å². The van der Waals surface area contributed by atoms with Gasteiger partial charge in [-0.15, -0.1) is 0 Å². The topological polar surface area (TPSA) is 3.24 Å². The summed E-state index contributed by atoms with van der Waals surface area (Å²) >= 11 is 3.17. The molecule has 0 aliphatic heterocycles. The van der Waals surface area contributed by atoms with Crippen LogP contribution in [0.4, 0.5) is 0 Å². The first-order valence-electron chi connectivity index (χ1n) is 2.17. The molecule has 0 heterocycles. The number of hydrogen-bond donors (Lipinski definition) is 0. The van der Waals surface area contributed by atoms with Crippen LogP contribution in [0.15, 0.2) is 11.1 Å². The van der Waals surface area contributed by atoms with Gasteiger partial charge in [-0.1, -0.05) is 22.0 Å². The minimum Gasteiger partial charge on any atom is -0.306 e. The van der Waals surface area contributed by atoms with E-state index in [9.17, 15) is 0 Å². The zero-order valence-electron chi connectivity index (χ0n) is 4.69. The first-order valence-corrected chi connectivity index (χ1v) is 3.09. The van der Waals surface area contributed by atoms with Crippen LogP contribution in [-0.4, -0.2) is 25.5 Å². The highest BCUT2D eigenvalue weighted by atomic mass is 79.9. The van der Waals surface area contributed by atoms with Crippen LogP contribution in [0.5, 0.6) is 0 Å². The summed E-state index contributed by atoms with van der Waals surface area (Å²) in [5.74, 6) is 0. The Kier molecular flexibility index (Phi) is 4.45. The van der Waals surface area contributed by atoms with Gasteiger partial charge in [0.05, 0.1) is 0 Å². The molecule has 0 aliphatic carbocycles. The Labute approximate surface area is 53.1 Å². The van der Waals surface area contributed by atoms with Gasteiger partial charge in [0.25, 0.3) is 0 Å². The highest BCUT2D eigenvalue weighted by molar-refractivity contribution is 9.11. The molecule has 0 saturated carbocycles. The number of likely N-dealkylation sites (N-methyl/N-ethyl adjacent to an activating group) is 1. The Morgan fingerprint density at radius 2 is 2.14 bits per heavy atom. The van der Waals surface area contributed by atoms with E-state index in [1.54, 1.807) is 0 Å². The molecule has 2 heteroatoms. The third-order valence-electron chi connectivity index (χ3n) is 0.560. The molecule has 0 N–H and O–H groups in total. The van der Waals surface area contributed by atoms with Crippen molar-refractivity contribution >= 4 is 15.9 Å². The Bertz CT molecular complexity index is 59.1. The molecule has 0 bridgehead atoms. The van der Waals surface area contributed by atoms with E-state index < -0.39 is 0 Å². The second kappa shape index (κ2) is 4.34.